The van der Waals surface area contributed by atoms with Crippen LogP contribution in [0.1, 0.15) is 11.3 Å². The Hall–Kier alpha value is -0.0900. The summed E-state index contributed by atoms with van der Waals surface area (Å²) in [5, 5.41) is 11.8. The Morgan fingerprint density at radius 1 is 1.38 bits per heavy atom. The van der Waals surface area contributed by atoms with E-state index in [4.69, 9.17) is 16.7 Å². The molecule has 0 unspecified atom stereocenters. The van der Waals surface area contributed by atoms with Crippen molar-refractivity contribution < 1.29 is 5.11 Å². The van der Waals surface area contributed by atoms with Crippen molar-refractivity contribution in [2.75, 3.05) is 19.7 Å². The SMILES string of the molecule is OCCCNCCc1ccc(Cl)s1. The summed E-state index contributed by atoms with van der Waals surface area (Å²) in [5.41, 5.74) is 0. The molecule has 0 bridgehead atoms. The second kappa shape index (κ2) is 6.38. The largest absolute Gasteiger partial charge is 0.396 e. The lowest BCUT2D eigenvalue weighted by molar-refractivity contribution is 0.286. The summed E-state index contributed by atoms with van der Waals surface area (Å²) in [6, 6.07) is 3.98. The molecule has 0 radical (unpaired) electrons. The summed E-state index contributed by atoms with van der Waals surface area (Å²) < 4.78 is 0.852. The molecular weight excluding hydrogens is 206 g/mol. The molecule has 74 valence electrons. The fraction of sp³-hybridized carbons (Fsp3) is 0.556. The normalized spacial score (nSPS) is 10.6. The van der Waals surface area contributed by atoms with Crippen LogP contribution in [0.2, 0.25) is 4.34 Å². The van der Waals surface area contributed by atoms with Crippen LogP contribution in [0.4, 0.5) is 0 Å². The van der Waals surface area contributed by atoms with Gasteiger partial charge in [-0.25, -0.2) is 0 Å². The van der Waals surface area contributed by atoms with Crippen LogP contribution in [-0.2, 0) is 6.42 Å². The van der Waals surface area contributed by atoms with Gasteiger partial charge in [0.05, 0.1) is 4.34 Å². The van der Waals surface area contributed by atoms with Gasteiger partial charge in [0.15, 0.2) is 0 Å². The monoisotopic (exact) mass is 219 g/mol. The van der Waals surface area contributed by atoms with E-state index in [1.807, 2.05) is 6.07 Å². The van der Waals surface area contributed by atoms with E-state index in [0.717, 1.165) is 30.3 Å². The first kappa shape index (κ1) is 11.0. The molecule has 1 heterocycles. The Labute approximate surface area is 87.5 Å². The van der Waals surface area contributed by atoms with Crippen molar-refractivity contribution >= 4 is 22.9 Å². The van der Waals surface area contributed by atoms with E-state index >= 15 is 0 Å². The van der Waals surface area contributed by atoms with E-state index < -0.39 is 0 Å². The summed E-state index contributed by atoms with van der Waals surface area (Å²) in [7, 11) is 0. The third-order valence-electron chi connectivity index (χ3n) is 1.69. The van der Waals surface area contributed by atoms with E-state index in [-0.39, 0.29) is 6.61 Å². The van der Waals surface area contributed by atoms with Gasteiger partial charge in [-0.2, -0.15) is 0 Å². The molecule has 13 heavy (non-hydrogen) atoms. The van der Waals surface area contributed by atoms with Gasteiger partial charge in [-0.15, -0.1) is 11.3 Å². The minimum absolute atomic E-state index is 0.262. The molecule has 0 aliphatic heterocycles. The van der Waals surface area contributed by atoms with Crippen molar-refractivity contribution in [3.8, 4) is 0 Å². The lowest BCUT2D eigenvalue weighted by Gasteiger charge is -2.00. The van der Waals surface area contributed by atoms with Gasteiger partial charge in [0.1, 0.15) is 0 Å². The highest BCUT2D eigenvalue weighted by Gasteiger charge is 1.96. The number of thiophene rings is 1. The zero-order valence-corrected chi connectivity index (χ0v) is 9.00. The number of aliphatic hydroxyl groups is 1. The first-order chi connectivity index (χ1) is 6.33. The van der Waals surface area contributed by atoms with Crippen molar-refractivity contribution in [3.05, 3.63) is 21.3 Å². The molecule has 4 heteroatoms. The highest BCUT2D eigenvalue weighted by molar-refractivity contribution is 7.16. The first-order valence-electron chi connectivity index (χ1n) is 4.38. The van der Waals surface area contributed by atoms with Crippen LogP contribution in [0.3, 0.4) is 0 Å². The number of halogens is 1. The summed E-state index contributed by atoms with van der Waals surface area (Å²) in [6.07, 6.45) is 1.84. The maximum Gasteiger partial charge on any atom is 0.0931 e. The van der Waals surface area contributed by atoms with Gasteiger partial charge in [-0.05, 0) is 38.1 Å². The highest BCUT2D eigenvalue weighted by Crippen LogP contribution is 2.21. The average Bonchev–Trinajstić information content (AvgIpc) is 2.51. The molecule has 0 spiro atoms. The number of aliphatic hydroxyl groups excluding tert-OH is 1. The molecule has 2 N–H and O–H groups in total. The van der Waals surface area contributed by atoms with Gasteiger partial charge in [-0.3, -0.25) is 0 Å². The number of hydrogen-bond acceptors (Lipinski definition) is 3. The minimum Gasteiger partial charge on any atom is -0.396 e. The second-order valence-corrected chi connectivity index (χ2v) is 4.58. The number of rotatable bonds is 6. The maximum atomic E-state index is 8.53. The molecule has 0 fully saturated rings. The smallest absolute Gasteiger partial charge is 0.0931 e. The third kappa shape index (κ3) is 4.62. The molecule has 1 aromatic rings. The molecule has 0 aliphatic rings. The molecule has 0 aliphatic carbocycles. The van der Waals surface area contributed by atoms with Crippen LogP contribution >= 0.6 is 22.9 Å². The van der Waals surface area contributed by atoms with Gasteiger partial charge in [-0.1, -0.05) is 11.6 Å². The van der Waals surface area contributed by atoms with E-state index in [0.29, 0.717) is 0 Å². The van der Waals surface area contributed by atoms with Gasteiger partial charge in [0.2, 0.25) is 0 Å². The minimum atomic E-state index is 0.262. The van der Waals surface area contributed by atoms with Crippen LogP contribution in [0.25, 0.3) is 0 Å². The molecule has 0 atom stereocenters. The Morgan fingerprint density at radius 3 is 2.85 bits per heavy atom. The second-order valence-electron chi connectivity index (χ2n) is 2.78. The van der Waals surface area contributed by atoms with Crippen molar-refractivity contribution in [2.45, 2.75) is 12.8 Å². The van der Waals surface area contributed by atoms with E-state index in [1.54, 1.807) is 11.3 Å². The summed E-state index contributed by atoms with van der Waals surface area (Å²) >= 11 is 7.42. The number of hydrogen-bond donors (Lipinski definition) is 2. The third-order valence-corrected chi connectivity index (χ3v) is 2.98. The quantitative estimate of drug-likeness (QED) is 0.717. The Bertz CT molecular complexity index is 239. The standard InChI is InChI=1S/C9H14ClNOS/c10-9-3-2-8(13-9)4-6-11-5-1-7-12/h2-3,11-12H,1,4-7H2. The van der Waals surface area contributed by atoms with Crippen molar-refractivity contribution in [2.24, 2.45) is 0 Å². The molecule has 0 saturated carbocycles. The zero-order chi connectivity index (χ0) is 9.52. The van der Waals surface area contributed by atoms with E-state index in [2.05, 4.69) is 11.4 Å². The van der Waals surface area contributed by atoms with Gasteiger partial charge < -0.3 is 10.4 Å². The molecule has 1 rings (SSSR count). The van der Waals surface area contributed by atoms with Gasteiger partial charge in [0, 0.05) is 11.5 Å². The topological polar surface area (TPSA) is 32.3 Å². The van der Waals surface area contributed by atoms with Crippen LogP contribution in [-0.4, -0.2) is 24.8 Å². The predicted molar refractivity (Wildman–Crippen MR) is 57.6 cm³/mol. The predicted octanol–water partition coefficient (Wildman–Crippen LogP) is 1.92. The summed E-state index contributed by atoms with van der Waals surface area (Å²) in [4.78, 5) is 1.31. The molecule has 0 saturated heterocycles. The Balaban J connectivity index is 2.06. The fourth-order valence-corrected chi connectivity index (χ4v) is 2.11. The van der Waals surface area contributed by atoms with Crippen LogP contribution in [0.15, 0.2) is 12.1 Å². The lowest BCUT2D eigenvalue weighted by atomic mass is 10.3. The van der Waals surface area contributed by atoms with Crippen molar-refractivity contribution in [3.63, 3.8) is 0 Å². The Kier molecular flexibility index (Phi) is 5.39. The van der Waals surface area contributed by atoms with E-state index in [1.165, 1.54) is 4.88 Å². The molecular formula is C9H14ClNOS. The molecule has 0 aromatic carbocycles. The van der Waals surface area contributed by atoms with Crippen LogP contribution in [0, 0.1) is 0 Å². The lowest BCUT2D eigenvalue weighted by Crippen LogP contribution is -2.18. The first-order valence-corrected chi connectivity index (χ1v) is 5.58. The summed E-state index contributed by atoms with van der Waals surface area (Å²) in [6.45, 7) is 2.10. The molecule has 1 aromatic heterocycles. The van der Waals surface area contributed by atoms with E-state index in [9.17, 15) is 0 Å². The average molecular weight is 220 g/mol. The maximum absolute atomic E-state index is 8.53. The van der Waals surface area contributed by atoms with Gasteiger partial charge >= 0.3 is 0 Å². The highest BCUT2D eigenvalue weighted by atomic mass is 35.5. The van der Waals surface area contributed by atoms with Crippen LogP contribution in [0.5, 0.6) is 0 Å². The summed E-state index contributed by atoms with van der Waals surface area (Å²) in [5.74, 6) is 0. The van der Waals surface area contributed by atoms with Crippen molar-refractivity contribution in [1.29, 1.82) is 0 Å². The van der Waals surface area contributed by atoms with Crippen molar-refractivity contribution in [1.82, 2.24) is 5.32 Å². The van der Waals surface area contributed by atoms with Gasteiger partial charge in [0.25, 0.3) is 0 Å². The number of nitrogens with one attached hydrogen (secondary N) is 1. The molecule has 0 amide bonds. The Morgan fingerprint density at radius 2 is 2.23 bits per heavy atom. The zero-order valence-electron chi connectivity index (χ0n) is 7.42. The fourth-order valence-electron chi connectivity index (χ4n) is 1.03. The molecule has 2 nitrogen and oxygen atoms in total. The van der Waals surface area contributed by atoms with Crippen LogP contribution < -0.4 is 5.32 Å².